The van der Waals surface area contributed by atoms with Gasteiger partial charge in [0.05, 0.1) is 11.1 Å². The summed E-state index contributed by atoms with van der Waals surface area (Å²) in [6, 6.07) is 6.09. The minimum absolute atomic E-state index is 0.0815. The first-order chi connectivity index (χ1) is 8.86. The van der Waals surface area contributed by atoms with Crippen LogP contribution in [0.3, 0.4) is 0 Å². The lowest BCUT2D eigenvalue weighted by molar-refractivity contribution is 0.456. The Morgan fingerprint density at radius 3 is 2.42 bits per heavy atom. The zero-order valence-corrected chi connectivity index (χ0v) is 10.8. The molecular weight excluding hydrogens is 268 g/mol. The Morgan fingerprint density at radius 1 is 1.26 bits per heavy atom. The first-order valence-electron chi connectivity index (χ1n) is 5.25. The third kappa shape index (κ3) is 3.10. The van der Waals surface area contributed by atoms with Gasteiger partial charge in [0, 0.05) is 11.9 Å². The Labute approximate surface area is 110 Å². The molecule has 0 unspecified atom stereocenters. The highest BCUT2D eigenvalue weighted by Gasteiger charge is 2.07. The fraction of sp³-hybridized carbons (Fsp3) is 0.0909. The van der Waals surface area contributed by atoms with Crippen LogP contribution < -0.4 is 11.1 Å². The summed E-state index contributed by atoms with van der Waals surface area (Å²) in [7, 11) is -3.22. The van der Waals surface area contributed by atoms with Crippen molar-refractivity contribution in [2.24, 2.45) is 0 Å². The van der Waals surface area contributed by atoms with Gasteiger partial charge >= 0.3 is 0 Å². The maximum absolute atomic E-state index is 11.3. The van der Waals surface area contributed by atoms with E-state index in [2.05, 4.69) is 15.3 Å². The van der Waals surface area contributed by atoms with Gasteiger partial charge < -0.3 is 16.2 Å². The monoisotopic (exact) mass is 280 g/mol. The lowest BCUT2D eigenvalue weighted by Gasteiger charge is -2.06. The van der Waals surface area contributed by atoms with Gasteiger partial charge in [0.25, 0.3) is 0 Å². The van der Waals surface area contributed by atoms with E-state index in [1.807, 2.05) is 0 Å². The molecule has 0 fully saturated rings. The Balaban J connectivity index is 2.22. The van der Waals surface area contributed by atoms with E-state index >= 15 is 0 Å². The Kier molecular flexibility index (Phi) is 3.26. The summed E-state index contributed by atoms with van der Waals surface area (Å²) in [5, 5.41) is 12.2. The number of benzene rings is 1. The molecule has 1 aromatic heterocycles. The van der Waals surface area contributed by atoms with Crippen molar-refractivity contribution >= 4 is 27.2 Å². The van der Waals surface area contributed by atoms with Crippen LogP contribution in [0.15, 0.2) is 35.4 Å². The van der Waals surface area contributed by atoms with E-state index in [0.29, 0.717) is 5.69 Å². The lowest BCUT2D eigenvalue weighted by Crippen LogP contribution is -2.00. The van der Waals surface area contributed by atoms with E-state index in [1.54, 1.807) is 12.1 Å². The zero-order valence-electron chi connectivity index (χ0n) is 10.0. The van der Waals surface area contributed by atoms with E-state index in [1.165, 1.54) is 18.3 Å². The third-order valence-corrected chi connectivity index (χ3v) is 3.46. The number of nitrogen functional groups attached to an aromatic ring is 1. The van der Waals surface area contributed by atoms with Crippen LogP contribution in [0.25, 0.3) is 0 Å². The van der Waals surface area contributed by atoms with Gasteiger partial charge in [-0.25, -0.2) is 13.4 Å². The molecular formula is C11H12N4O3S. The molecule has 0 aliphatic heterocycles. The SMILES string of the molecule is CS(=O)(=O)c1ccc(Nc2ncc(N)c(O)n2)cc1. The molecule has 0 radical (unpaired) electrons. The number of nitrogens with zero attached hydrogens (tertiary/aromatic N) is 2. The van der Waals surface area contributed by atoms with Gasteiger partial charge in [-0.1, -0.05) is 0 Å². The number of nitrogens with one attached hydrogen (secondary N) is 1. The molecule has 0 spiro atoms. The van der Waals surface area contributed by atoms with Gasteiger partial charge in [0.1, 0.15) is 5.69 Å². The van der Waals surface area contributed by atoms with Crippen molar-refractivity contribution < 1.29 is 13.5 Å². The molecule has 8 heteroatoms. The summed E-state index contributed by atoms with van der Waals surface area (Å²) >= 11 is 0. The van der Waals surface area contributed by atoms with Crippen LogP contribution in [0.4, 0.5) is 17.3 Å². The average Bonchev–Trinajstić information content (AvgIpc) is 2.33. The average molecular weight is 280 g/mol. The van der Waals surface area contributed by atoms with Gasteiger partial charge in [0.2, 0.25) is 11.8 Å². The predicted molar refractivity (Wildman–Crippen MR) is 70.9 cm³/mol. The van der Waals surface area contributed by atoms with Crippen LogP contribution in [0.2, 0.25) is 0 Å². The molecule has 0 aliphatic rings. The number of hydrogen-bond acceptors (Lipinski definition) is 7. The lowest BCUT2D eigenvalue weighted by atomic mass is 10.3. The molecule has 0 atom stereocenters. The molecule has 1 heterocycles. The molecule has 0 bridgehead atoms. The Morgan fingerprint density at radius 2 is 1.89 bits per heavy atom. The zero-order chi connectivity index (χ0) is 14.0. The van der Waals surface area contributed by atoms with Gasteiger partial charge in [0.15, 0.2) is 9.84 Å². The van der Waals surface area contributed by atoms with Crippen molar-refractivity contribution in [2.75, 3.05) is 17.3 Å². The fourth-order valence-electron chi connectivity index (χ4n) is 1.36. The predicted octanol–water partition coefficient (Wildman–Crippen LogP) is 0.911. The molecule has 0 saturated heterocycles. The van der Waals surface area contributed by atoms with Crippen LogP contribution in [0.1, 0.15) is 0 Å². The van der Waals surface area contributed by atoms with Crippen molar-refractivity contribution in [1.29, 1.82) is 0 Å². The number of rotatable bonds is 3. The quantitative estimate of drug-likeness (QED) is 0.764. The topological polar surface area (TPSA) is 118 Å². The highest BCUT2D eigenvalue weighted by atomic mass is 32.2. The van der Waals surface area contributed by atoms with E-state index in [-0.39, 0.29) is 22.4 Å². The maximum Gasteiger partial charge on any atom is 0.239 e. The van der Waals surface area contributed by atoms with Crippen molar-refractivity contribution in [2.45, 2.75) is 4.90 Å². The molecule has 0 amide bonds. The van der Waals surface area contributed by atoms with Gasteiger partial charge in [-0.3, -0.25) is 0 Å². The molecule has 7 nitrogen and oxygen atoms in total. The molecule has 0 saturated carbocycles. The second-order valence-corrected chi connectivity index (χ2v) is 5.91. The first-order valence-corrected chi connectivity index (χ1v) is 7.14. The van der Waals surface area contributed by atoms with E-state index in [4.69, 9.17) is 5.73 Å². The van der Waals surface area contributed by atoms with E-state index in [0.717, 1.165) is 6.26 Å². The molecule has 2 rings (SSSR count). The second kappa shape index (κ2) is 4.73. The molecule has 4 N–H and O–H groups in total. The summed E-state index contributed by atoms with van der Waals surface area (Å²) in [4.78, 5) is 7.83. The van der Waals surface area contributed by atoms with Gasteiger partial charge in [-0.2, -0.15) is 4.98 Å². The van der Waals surface area contributed by atoms with Crippen molar-refractivity contribution in [3.8, 4) is 5.88 Å². The summed E-state index contributed by atoms with van der Waals surface area (Å²) in [6.07, 6.45) is 2.41. The molecule has 19 heavy (non-hydrogen) atoms. The Hall–Kier alpha value is -2.35. The van der Waals surface area contributed by atoms with Crippen LogP contribution in [0.5, 0.6) is 5.88 Å². The minimum atomic E-state index is -3.22. The highest BCUT2D eigenvalue weighted by molar-refractivity contribution is 7.90. The summed E-state index contributed by atoms with van der Waals surface area (Å²) < 4.78 is 22.6. The van der Waals surface area contributed by atoms with E-state index in [9.17, 15) is 13.5 Å². The fourth-order valence-corrected chi connectivity index (χ4v) is 1.99. The number of anilines is 3. The smallest absolute Gasteiger partial charge is 0.239 e. The van der Waals surface area contributed by atoms with Crippen molar-refractivity contribution in [1.82, 2.24) is 9.97 Å². The second-order valence-electron chi connectivity index (χ2n) is 3.89. The van der Waals surface area contributed by atoms with Crippen LogP contribution in [-0.4, -0.2) is 29.7 Å². The number of sulfone groups is 1. The Bertz CT molecular complexity index is 698. The van der Waals surface area contributed by atoms with Crippen molar-refractivity contribution in [3.05, 3.63) is 30.5 Å². The standard InChI is InChI=1S/C11H12N4O3S/c1-19(17,18)8-4-2-7(3-5-8)14-11-13-6-9(12)10(16)15-11/h2-6H,12H2,1H3,(H2,13,14,15,16). The maximum atomic E-state index is 11.3. The number of hydrogen-bond donors (Lipinski definition) is 3. The van der Waals surface area contributed by atoms with E-state index < -0.39 is 9.84 Å². The number of aromatic nitrogens is 2. The van der Waals surface area contributed by atoms with Crippen LogP contribution in [-0.2, 0) is 9.84 Å². The molecule has 1 aromatic carbocycles. The minimum Gasteiger partial charge on any atom is -0.492 e. The van der Waals surface area contributed by atoms with Crippen LogP contribution >= 0.6 is 0 Å². The van der Waals surface area contributed by atoms with Crippen LogP contribution in [0, 0.1) is 0 Å². The summed E-state index contributed by atoms with van der Waals surface area (Å²) in [6.45, 7) is 0. The molecule has 2 aromatic rings. The van der Waals surface area contributed by atoms with Crippen molar-refractivity contribution in [3.63, 3.8) is 0 Å². The number of nitrogens with two attached hydrogens (primary N) is 1. The molecule has 0 aliphatic carbocycles. The van der Waals surface area contributed by atoms with Gasteiger partial charge in [-0.15, -0.1) is 0 Å². The summed E-state index contributed by atoms with van der Waals surface area (Å²) in [5.41, 5.74) is 6.06. The largest absolute Gasteiger partial charge is 0.492 e. The third-order valence-electron chi connectivity index (χ3n) is 2.33. The number of aromatic hydroxyl groups is 1. The molecule has 100 valence electrons. The van der Waals surface area contributed by atoms with Gasteiger partial charge in [-0.05, 0) is 24.3 Å². The highest BCUT2D eigenvalue weighted by Crippen LogP contribution is 2.20. The first kappa shape index (κ1) is 13.1. The summed E-state index contributed by atoms with van der Waals surface area (Å²) in [5.74, 6) is -0.149. The normalized spacial score (nSPS) is 11.2.